The van der Waals surface area contributed by atoms with Gasteiger partial charge in [-0.2, -0.15) is 17.6 Å². The Hall–Kier alpha value is -3.48. The van der Waals surface area contributed by atoms with Gasteiger partial charge in [0.2, 0.25) is 5.82 Å². The van der Waals surface area contributed by atoms with Crippen molar-refractivity contribution in [2.75, 3.05) is 14.2 Å². The fourth-order valence-corrected chi connectivity index (χ4v) is 4.47. The van der Waals surface area contributed by atoms with Crippen molar-refractivity contribution in [3.05, 3.63) is 53.1 Å². The van der Waals surface area contributed by atoms with Crippen LogP contribution in [0.25, 0.3) is 11.0 Å². The van der Waals surface area contributed by atoms with E-state index in [9.17, 15) is 22.0 Å². The first kappa shape index (κ1) is 24.6. The highest BCUT2D eigenvalue weighted by atomic mass is 19.4. The normalized spacial score (nSPS) is 25.3. The fraction of sp³-hybridized carbons (Fsp3) is 0.409. The third-order valence-electron chi connectivity index (χ3n) is 6.43. The Labute approximate surface area is 196 Å². The zero-order valence-corrected chi connectivity index (χ0v) is 19.1. The van der Waals surface area contributed by atoms with Crippen molar-refractivity contribution in [3.63, 3.8) is 0 Å². The topological polar surface area (TPSA) is 108 Å². The summed E-state index contributed by atoms with van der Waals surface area (Å²) in [5, 5.41) is 3.63. The molecular weight excluding hydrogens is 477 g/mol. The average Bonchev–Trinajstić information content (AvgIpc) is 3.35. The third-order valence-corrected chi connectivity index (χ3v) is 6.43. The third kappa shape index (κ3) is 3.83. The van der Waals surface area contributed by atoms with E-state index >= 15 is 0 Å². The minimum atomic E-state index is -4.78. The zero-order chi connectivity index (χ0) is 25.7. The van der Waals surface area contributed by atoms with E-state index in [1.165, 1.54) is 26.3 Å². The summed E-state index contributed by atoms with van der Waals surface area (Å²) in [5.74, 6) is -5.45. The van der Waals surface area contributed by atoms with Crippen LogP contribution in [0.2, 0.25) is 0 Å². The van der Waals surface area contributed by atoms with Gasteiger partial charge in [-0.05, 0) is 19.1 Å². The molecule has 3 aromatic rings. The van der Waals surface area contributed by atoms with E-state index in [1.54, 1.807) is 6.07 Å². The van der Waals surface area contributed by atoms with Crippen LogP contribution in [0.15, 0.2) is 29.6 Å². The quantitative estimate of drug-likeness (QED) is 0.234. The summed E-state index contributed by atoms with van der Waals surface area (Å²) in [6.07, 6.45) is -4.71. The van der Waals surface area contributed by atoms with Gasteiger partial charge in [0, 0.05) is 23.6 Å². The van der Waals surface area contributed by atoms with Crippen molar-refractivity contribution < 1.29 is 36.3 Å². The highest BCUT2D eigenvalue weighted by Gasteiger charge is 2.65. The van der Waals surface area contributed by atoms with Crippen LogP contribution < -0.4 is 10.5 Å². The van der Waals surface area contributed by atoms with Crippen LogP contribution in [0.1, 0.15) is 43.0 Å². The molecule has 0 spiro atoms. The number of nitrogens with one attached hydrogen (secondary N) is 1. The molecule has 8 nitrogen and oxygen atoms in total. The first-order chi connectivity index (χ1) is 16.4. The number of aromatic nitrogens is 3. The van der Waals surface area contributed by atoms with Crippen LogP contribution in [0.4, 0.5) is 22.0 Å². The second kappa shape index (κ2) is 8.63. The molecule has 1 aliphatic rings. The summed E-state index contributed by atoms with van der Waals surface area (Å²) in [5.41, 5.74) is 4.01. The molecule has 1 aromatic carbocycles. The average molecular weight is 499 g/mol. The maximum atomic E-state index is 14.5. The number of nitrogens with zero attached hydrogens (tertiary/aromatic N) is 3. The van der Waals surface area contributed by atoms with E-state index in [1.807, 2.05) is 0 Å². The largest absolute Gasteiger partial charge is 0.493 e. The maximum absolute atomic E-state index is 14.5. The predicted molar refractivity (Wildman–Crippen MR) is 115 cm³/mol. The highest BCUT2D eigenvalue weighted by Crippen LogP contribution is 2.59. The van der Waals surface area contributed by atoms with Crippen molar-refractivity contribution >= 4 is 16.9 Å². The molecular formula is C22H22F5N5O3. The Balaban J connectivity index is 1.93. The number of alkyl halides is 3. The molecule has 13 heteroatoms. The summed E-state index contributed by atoms with van der Waals surface area (Å²) in [4.78, 5) is 16.2. The number of amidine groups is 1. The molecule has 188 valence electrons. The van der Waals surface area contributed by atoms with Gasteiger partial charge in [-0.15, -0.1) is 0 Å². The number of H-pyrrole nitrogens is 1. The summed E-state index contributed by atoms with van der Waals surface area (Å²) in [7, 11) is 2.39. The Bertz CT molecular complexity index is 1290. The number of hydrogen-bond donors (Lipinski definition) is 2. The number of fused-ring (bicyclic) bond motifs is 1. The molecule has 0 aliphatic carbocycles. The summed E-state index contributed by atoms with van der Waals surface area (Å²) >= 11 is 0. The molecule has 2 aromatic heterocycles. The van der Waals surface area contributed by atoms with Crippen molar-refractivity contribution in [2.45, 2.75) is 37.6 Å². The molecule has 0 saturated carbocycles. The van der Waals surface area contributed by atoms with E-state index in [0.29, 0.717) is 5.52 Å². The highest BCUT2D eigenvalue weighted by molar-refractivity contribution is 6.04. The fourth-order valence-electron chi connectivity index (χ4n) is 4.47. The first-order valence-electron chi connectivity index (χ1n) is 10.4. The van der Waals surface area contributed by atoms with Gasteiger partial charge in [0.05, 0.1) is 12.6 Å². The minimum absolute atomic E-state index is 0.0103. The molecule has 4 atom stereocenters. The van der Waals surface area contributed by atoms with Gasteiger partial charge in [-0.1, -0.05) is 18.1 Å². The van der Waals surface area contributed by atoms with Gasteiger partial charge in [0.1, 0.15) is 30.2 Å². The van der Waals surface area contributed by atoms with E-state index < -0.39 is 47.1 Å². The van der Waals surface area contributed by atoms with Gasteiger partial charge in [-0.25, -0.2) is 9.37 Å². The number of pyridine rings is 1. The molecule has 0 unspecified atom stereocenters. The van der Waals surface area contributed by atoms with Crippen LogP contribution in [0, 0.1) is 17.6 Å². The molecule has 35 heavy (non-hydrogen) atoms. The molecule has 4 rings (SSSR count). The zero-order valence-electron chi connectivity index (χ0n) is 19.1. The molecule has 1 saturated heterocycles. The first-order valence-corrected chi connectivity index (χ1v) is 10.4. The Kier molecular flexibility index (Phi) is 6.07. The lowest BCUT2D eigenvalue weighted by molar-refractivity contribution is -0.275. The van der Waals surface area contributed by atoms with Gasteiger partial charge >= 0.3 is 6.18 Å². The number of hydrogen-bond acceptors (Lipinski definition) is 6. The Morgan fingerprint density at radius 1 is 1.23 bits per heavy atom. The number of ether oxygens (including phenoxy) is 2. The number of nitrogens with two attached hydrogens (primary N) is 1. The number of imidazole rings is 1. The lowest BCUT2D eigenvalue weighted by Gasteiger charge is -2.32. The number of rotatable bonds is 5. The molecule has 0 amide bonds. The number of oxime groups is 1. The molecule has 3 heterocycles. The standard InChI is InChI=1S/C22H22F5N5O3/c1-9-13(10-5-6-11(23)14(24)17(10)33-3)18(35-21(9,2)22(25,26)27)20-30-12-7-8-29-16(15(12)31-20)19(28)32-34-4/h5-9,13,18H,1-4H3,(H2,28,32)(H,30,31)/t9-,13-,18+,21+/m0/s1. The van der Waals surface area contributed by atoms with Crippen molar-refractivity contribution in [1.29, 1.82) is 0 Å². The number of methoxy groups -OCH3 is 1. The van der Waals surface area contributed by atoms with Gasteiger partial charge in [0.25, 0.3) is 0 Å². The minimum Gasteiger partial charge on any atom is -0.493 e. The van der Waals surface area contributed by atoms with E-state index in [4.69, 9.17) is 15.2 Å². The predicted octanol–water partition coefficient (Wildman–Crippen LogP) is 4.32. The SMILES string of the molecule is CO/N=C(\N)c1nccc2[nH]c([C@@H]3O[C@@](C)(C(F)(F)F)[C@@H](C)[C@H]3c3ccc(F)c(F)c3OC)nc12. The van der Waals surface area contributed by atoms with E-state index in [2.05, 4.69) is 24.9 Å². The van der Waals surface area contributed by atoms with Gasteiger partial charge in [0.15, 0.2) is 23.0 Å². The Morgan fingerprint density at radius 3 is 2.57 bits per heavy atom. The monoisotopic (exact) mass is 499 g/mol. The summed E-state index contributed by atoms with van der Waals surface area (Å²) in [6.45, 7) is 2.24. The second-order valence-corrected chi connectivity index (χ2v) is 8.28. The van der Waals surface area contributed by atoms with Crippen LogP contribution in [0.3, 0.4) is 0 Å². The number of benzene rings is 1. The van der Waals surface area contributed by atoms with E-state index in [-0.39, 0.29) is 28.4 Å². The van der Waals surface area contributed by atoms with Crippen molar-refractivity contribution in [2.24, 2.45) is 16.8 Å². The van der Waals surface area contributed by atoms with Crippen LogP contribution >= 0.6 is 0 Å². The van der Waals surface area contributed by atoms with Crippen molar-refractivity contribution in [3.8, 4) is 5.75 Å². The summed E-state index contributed by atoms with van der Waals surface area (Å²) in [6, 6.07) is 3.57. The number of aromatic amines is 1. The lowest BCUT2D eigenvalue weighted by atomic mass is 9.77. The maximum Gasteiger partial charge on any atom is 0.417 e. The van der Waals surface area contributed by atoms with E-state index in [0.717, 1.165) is 20.1 Å². The molecule has 1 fully saturated rings. The molecule has 0 radical (unpaired) electrons. The molecule has 3 N–H and O–H groups in total. The second-order valence-electron chi connectivity index (χ2n) is 8.28. The molecule has 1 aliphatic heterocycles. The molecule has 0 bridgehead atoms. The Morgan fingerprint density at radius 2 is 1.94 bits per heavy atom. The lowest BCUT2D eigenvalue weighted by Crippen LogP contribution is -2.46. The summed E-state index contributed by atoms with van der Waals surface area (Å²) < 4.78 is 81.7. The van der Waals surface area contributed by atoms with Crippen LogP contribution in [0.5, 0.6) is 5.75 Å². The van der Waals surface area contributed by atoms with Crippen LogP contribution in [-0.2, 0) is 9.57 Å². The van der Waals surface area contributed by atoms with Crippen molar-refractivity contribution in [1.82, 2.24) is 15.0 Å². The van der Waals surface area contributed by atoms with Gasteiger partial charge < -0.3 is 25.0 Å². The number of halogens is 5. The van der Waals surface area contributed by atoms with Crippen LogP contribution in [-0.4, -0.2) is 46.8 Å². The van der Waals surface area contributed by atoms with Gasteiger partial charge in [-0.3, -0.25) is 4.98 Å². The smallest absolute Gasteiger partial charge is 0.417 e.